The minimum Gasteiger partial charge on any atom is -0.379 e. The molecule has 0 radical (unpaired) electrons. The summed E-state index contributed by atoms with van der Waals surface area (Å²) in [5, 5.41) is 2.75. The van der Waals surface area contributed by atoms with Crippen LogP contribution in [0.25, 0.3) is 0 Å². The van der Waals surface area contributed by atoms with Gasteiger partial charge >= 0.3 is 0 Å². The van der Waals surface area contributed by atoms with Crippen molar-refractivity contribution in [2.75, 3.05) is 0 Å². The summed E-state index contributed by atoms with van der Waals surface area (Å²) < 4.78 is 0. The first-order valence-electron chi connectivity index (χ1n) is 2.03. The second-order valence-corrected chi connectivity index (χ2v) is 1.23. The van der Waals surface area contributed by atoms with Crippen molar-refractivity contribution in [3.63, 3.8) is 0 Å². The maximum atomic E-state index is 5.25. The van der Waals surface area contributed by atoms with Crippen molar-refractivity contribution in [2.24, 2.45) is 5.73 Å². The van der Waals surface area contributed by atoms with Gasteiger partial charge in [0.15, 0.2) is 0 Å². The van der Waals surface area contributed by atoms with Gasteiger partial charge in [-0.25, -0.2) is 0 Å². The quantitative estimate of drug-likeness (QED) is 0.416. The zero-order valence-corrected chi connectivity index (χ0v) is 3.81. The lowest BCUT2D eigenvalue weighted by Crippen LogP contribution is -2.13. The van der Waals surface area contributed by atoms with E-state index in [4.69, 9.17) is 5.73 Å². The number of hydrogen-bond acceptors (Lipinski definition) is 2. The Hall–Kier alpha value is -1.14. The van der Waals surface area contributed by atoms with Crippen LogP contribution in [0, 0.1) is 0 Å². The molecule has 0 atom stereocenters. The maximum Gasteiger partial charge on any atom is 0.145 e. The van der Waals surface area contributed by atoms with Gasteiger partial charge in [0.25, 0.3) is 0 Å². The van der Waals surface area contributed by atoms with Gasteiger partial charge < -0.3 is 11.1 Å². The highest BCUT2D eigenvalue weighted by molar-refractivity contribution is 5.12. The average molecular weight is 94.1 g/mol. The highest BCUT2D eigenvalue weighted by Crippen LogP contribution is 1.81. The molecular weight excluding hydrogens is 88.1 g/mol. The molecule has 0 aromatic rings. The van der Waals surface area contributed by atoms with Gasteiger partial charge in [-0.3, -0.25) is 0 Å². The molecule has 36 valence electrons. The van der Waals surface area contributed by atoms with Crippen LogP contribution in [0.3, 0.4) is 0 Å². The number of rotatable bonds is 0. The normalized spacial score (nSPS) is 15.7. The standard InChI is InChI=1S/C5H6N2/c6-5-3-1-2-4-7-5/h1-2,4,7H,6H2. The monoisotopic (exact) mass is 94.1 g/mol. The van der Waals surface area contributed by atoms with Crippen LogP contribution in [-0.2, 0) is 0 Å². The topological polar surface area (TPSA) is 38.0 Å². The lowest BCUT2D eigenvalue weighted by atomic mass is 10.5. The highest BCUT2D eigenvalue weighted by Gasteiger charge is 1.79. The molecule has 0 saturated carbocycles. The van der Waals surface area contributed by atoms with E-state index < -0.39 is 0 Å². The Balaban J connectivity index is 2.84. The first-order chi connectivity index (χ1) is 3.39. The number of nitrogens with one attached hydrogen (secondary N) is 1. The number of nitrogens with two attached hydrogens (primary N) is 1. The molecular formula is C5H6N2. The summed E-state index contributed by atoms with van der Waals surface area (Å²) in [5.74, 6) is 0.572. The molecule has 1 rings (SSSR count). The van der Waals surface area contributed by atoms with E-state index in [2.05, 4.69) is 11.0 Å². The minimum atomic E-state index is 0.572. The predicted octanol–water partition coefficient (Wildman–Crippen LogP) is 0.0585. The fourth-order valence-corrected chi connectivity index (χ4v) is 0.366. The van der Waals surface area contributed by atoms with Crippen LogP contribution >= 0.6 is 0 Å². The van der Waals surface area contributed by atoms with Gasteiger partial charge in [0.05, 0.1) is 0 Å². The molecule has 0 bridgehead atoms. The van der Waals surface area contributed by atoms with E-state index in [-0.39, 0.29) is 0 Å². The molecule has 3 N–H and O–H groups in total. The Morgan fingerprint density at radius 3 is 2.86 bits per heavy atom. The molecule has 0 aliphatic carbocycles. The first-order valence-corrected chi connectivity index (χ1v) is 2.03. The van der Waals surface area contributed by atoms with E-state index in [1.54, 1.807) is 12.3 Å². The number of allylic oxidation sites excluding steroid dienone is 2. The lowest BCUT2D eigenvalue weighted by molar-refractivity contribution is 1.02. The average Bonchev–Trinajstić information content (AvgIpc) is 1.69. The summed E-state index contributed by atoms with van der Waals surface area (Å²) in [6.07, 6.45) is 5.34. The Bertz CT molecular complexity index is 149. The van der Waals surface area contributed by atoms with Gasteiger partial charge in [-0.15, -0.1) is 0 Å². The van der Waals surface area contributed by atoms with Crippen LogP contribution in [0.5, 0.6) is 0 Å². The molecule has 1 aliphatic rings. The smallest absolute Gasteiger partial charge is 0.145 e. The van der Waals surface area contributed by atoms with Crippen molar-refractivity contribution in [3.8, 4) is 0 Å². The molecule has 0 saturated heterocycles. The molecule has 1 aliphatic heterocycles. The third kappa shape index (κ3) is 0.845. The van der Waals surface area contributed by atoms with Gasteiger partial charge in [0, 0.05) is 6.20 Å². The summed E-state index contributed by atoms with van der Waals surface area (Å²) in [5.41, 5.74) is 8.00. The Labute approximate surface area is 42.0 Å². The molecule has 0 fully saturated rings. The fourth-order valence-electron chi connectivity index (χ4n) is 0.366. The molecule has 0 spiro atoms. The van der Waals surface area contributed by atoms with Gasteiger partial charge in [0.1, 0.15) is 5.82 Å². The molecule has 0 amide bonds. The third-order valence-electron chi connectivity index (χ3n) is 0.670. The zero-order valence-electron chi connectivity index (χ0n) is 3.81. The molecule has 0 aromatic heterocycles. The Morgan fingerprint density at radius 1 is 1.71 bits per heavy atom. The van der Waals surface area contributed by atoms with Crippen molar-refractivity contribution >= 4 is 0 Å². The van der Waals surface area contributed by atoms with E-state index in [0.717, 1.165) is 0 Å². The van der Waals surface area contributed by atoms with Gasteiger partial charge in [-0.1, -0.05) is 5.73 Å². The SMILES string of the molecule is NC1=C=CC=CN1. The van der Waals surface area contributed by atoms with Crippen LogP contribution in [0.15, 0.2) is 29.9 Å². The van der Waals surface area contributed by atoms with Crippen LogP contribution < -0.4 is 11.1 Å². The van der Waals surface area contributed by atoms with Gasteiger partial charge in [-0.05, 0) is 12.2 Å². The van der Waals surface area contributed by atoms with E-state index in [9.17, 15) is 0 Å². The second kappa shape index (κ2) is 1.54. The molecule has 7 heavy (non-hydrogen) atoms. The highest BCUT2D eigenvalue weighted by atomic mass is 15.0. The summed E-state index contributed by atoms with van der Waals surface area (Å²) in [6.45, 7) is 0. The fraction of sp³-hybridized carbons (Fsp3) is 0. The zero-order chi connectivity index (χ0) is 5.11. The van der Waals surface area contributed by atoms with E-state index >= 15 is 0 Å². The van der Waals surface area contributed by atoms with Crippen molar-refractivity contribution in [3.05, 3.63) is 29.9 Å². The summed E-state index contributed by atoms with van der Waals surface area (Å²) >= 11 is 0. The minimum absolute atomic E-state index is 0.572. The van der Waals surface area contributed by atoms with Crippen molar-refractivity contribution in [1.82, 2.24) is 5.32 Å². The lowest BCUT2D eigenvalue weighted by Gasteiger charge is -1.95. The van der Waals surface area contributed by atoms with Crippen LogP contribution in [0.2, 0.25) is 0 Å². The summed E-state index contributed by atoms with van der Waals surface area (Å²) in [6, 6.07) is 0. The second-order valence-electron chi connectivity index (χ2n) is 1.23. The van der Waals surface area contributed by atoms with Crippen molar-refractivity contribution in [1.29, 1.82) is 0 Å². The molecule has 2 nitrogen and oxygen atoms in total. The molecule has 0 aromatic carbocycles. The largest absolute Gasteiger partial charge is 0.379 e. The van der Waals surface area contributed by atoms with Crippen molar-refractivity contribution in [2.45, 2.75) is 0 Å². The molecule has 1 heterocycles. The maximum absolute atomic E-state index is 5.25. The Kier molecular flexibility index (Phi) is 0.886. The van der Waals surface area contributed by atoms with Crippen LogP contribution in [0.1, 0.15) is 0 Å². The van der Waals surface area contributed by atoms with Crippen molar-refractivity contribution < 1.29 is 0 Å². The predicted molar refractivity (Wildman–Crippen MR) is 28.1 cm³/mol. The third-order valence-corrected chi connectivity index (χ3v) is 0.670. The van der Waals surface area contributed by atoms with E-state index in [1.807, 2.05) is 6.08 Å². The summed E-state index contributed by atoms with van der Waals surface area (Å²) in [4.78, 5) is 0. The molecule has 0 unspecified atom stereocenters. The first kappa shape index (κ1) is 4.03. The van der Waals surface area contributed by atoms with Gasteiger partial charge in [0.2, 0.25) is 0 Å². The van der Waals surface area contributed by atoms with E-state index in [0.29, 0.717) is 5.82 Å². The summed E-state index contributed by atoms with van der Waals surface area (Å²) in [7, 11) is 0. The van der Waals surface area contributed by atoms with Crippen LogP contribution in [-0.4, -0.2) is 0 Å². The van der Waals surface area contributed by atoms with Gasteiger partial charge in [-0.2, -0.15) is 0 Å². The Morgan fingerprint density at radius 2 is 2.57 bits per heavy atom. The number of hydrogen-bond donors (Lipinski definition) is 2. The molecule has 2 heteroatoms. The van der Waals surface area contributed by atoms with Crippen LogP contribution in [0.4, 0.5) is 0 Å². The van der Waals surface area contributed by atoms with E-state index in [1.165, 1.54) is 0 Å².